The summed E-state index contributed by atoms with van der Waals surface area (Å²) in [4.78, 5) is 3.65. The molecule has 0 spiro atoms. The van der Waals surface area contributed by atoms with E-state index in [0.717, 1.165) is 0 Å². The van der Waals surface area contributed by atoms with E-state index in [1.165, 1.54) is 14.1 Å². The molecule has 0 aliphatic carbocycles. The van der Waals surface area contributed by atoms with Gasteiger partial charge in [0.05, 0.1) is 5.75 Å². The Hall–Kier alpha value is -1.48. The number of hydrogen-bond donors (Lipinski definition) is 3. The summed E-state index contributed by atoms with van der Waals surface area (Å²) in [5, 5.41) is 4.95. The highest BCUT2D eigenvalue weighted by atomic mass is 32.2. The van der Waals surface area contributed by atoms with Crippen molar-refractivity contribution in [3.8, 4) is 0 Å². The summed E-state index contributed by atoms with van der Waals surface area (Å²) in [6, 6.07) is 0.674. The lowest BCUT2D eigenvalue weighted by molar-refractivity contribution is 0.577. The van der Waals surface area contributed by atoms with E-state index in [-0.39, 0.29) is 23.9 Å². The molecule has 0 bridgehead atoms. The Morgan fingerprint density at radius 1 is 1.22 bits per heavy atom. The molecule has 6 nitrogen and oxygen atoms in total. The number of hydrogen-bond acceptors (Lipinski definition) is 5. The van der Waals surface area contributed by atoms with Gasteiger partial charge in [0.15, 0.2) is 23.3 Å². The van der Waals surface area contributed by atoms with E-state index in [1.54, 1.807) is 0 Å². The highest BCUT2D eigenvalue weighted by Crippen LogP contribution is 2.18. The zero-order valence-corrected chi connectivity index (χ0v) is 10.7. The average Bonchev–Trinajstić information content (AvgIpc) is 2.32. The van der Waals surface area contributed by atoms with Gasteiger partial charge >= 0.3 is 0 Å². The number of sulfonamides is 1. The molecule has 18 heavy (non-hydrogen) atoms. The quantitative estimate of drug-likeness (QED) is 0.701. The first-order valence-corrected chi connectivity index (χ1v) is 6.73. The van der Waals surface area contributed by atoms with Crippen LogP contribution in [0.3, 0.4) is 0 Å². The van der Waals surface area contributed by atoms with Gasteiger partial charge in [-0.15, -0.1) is 0 Å². The van der Waals surface area contributed by atoms with E-state index in [1.807, 2.05) is 0 Å². The minimum Gasteiger partial charge on any atom is -0.371 e. The van der Waals surface area contributed by atoms with Crippen molar-refractivity contribution < 1.29 is 17.2 Å². The molecular formula is C9H14F2N4O2S. The monoisotopic (exact) mass is 280 g/mol. The van der Waals surface area contributed by atoms with Gasteiger partial charge < -0.3 is 10.6 Å². The molecule has 1 heterocycles. The predicted octanol–water partition coefficient (Wildman–Crippen LogP) is 0.363. The second-order valence-electron chi connectivity index (χ2n) is 3.35. The largest absolute Gasteiger partial charge is 0.371 e. The van der Waals surface area contributed by atoms with Gasteiger partial charge in [-0.3, -0.25) is 0 Å². The Morgan fingerprint density at radius 3 is 2.39 bits per heavy atom. The molecule has 9 heteroatoms. The van der Waals surface area contributed by atoms with Gasteiger partial charge in [0.2, 0.25) is 10.0 Å². The van der Waals surface area contributed by atoms with Gasteiger partial charge in [0.1, 0.15) is 0 Å². The molecule has 1 aromatic heterocycles. The summed E-state index contributed by atoms with van der Waals surface area (Å²) in [5.74, 6) is -2.25. The zero-order valence-electron chi connectivity index (χ0n) is 9.92. The molecule has 0 fully saturated rings. The number of pyridine rings is 1. The number of nitrogens with zero attached hydrogens (tertiary/aromatic N) is 1. The third-order valence-corrected chi connectivity index (χ3v) is 3.50. The van der Waals surface area contributed by atoms with Crippen molar-refractivity contribution in [1.29, 1.82) is 0 Å². The fraction of sp³-hybridized carbons (Fsp3) is 0.444. The van der Waals surface area contributed by atoms with Crippen LogP contribution in [-0.4, -0.2) is 39.8 Å². The third-order valence-electron chi connectivity index (χ3n) is 2.14. The van der Waals surface area contributed by atoms with Gasteiger partial charge in [-0.1, -0.05) is 0 Å². The second-order valence-corrected chi connectivity index (χ2v) is 5.39. The highest BCUT2D eigenvalue weighted by Gasteiger charge is 2.12. The Labute approximate surface area is 104 Å². The standard InChI is InChI=1S/C9H14F2N4O2S/c1-12-8-6(10)5-7(11)9(15-8)14-3-4-18(16,17)13-2/h5,13H,3-4H2,1-2H3,(H2,12,14,15). The van der Waals surface area contributed by atoms with Crippen LogP contribution < -0.4 is 15.4 Å². The fourth-order valence-electron chi connectivity index (χ4n) is 1.17. The predicted molar refractivity (Wildman–Crippen MR) is 65.0 cm³/mol. The van der Waals surface area contributed by atoms with E-state index in [0.29, 0.717) is 6.07 Å². The van der Waals surface area contributed by atoms with Gasteiger partial charge in [0.25, 0.3) is 0 Å². The first-order chi connectivity index (χ1) is 8.39. The van der Waals surface area contributed by atoms with Crippen LogP contribution in [-0.2, 0) is 10.0 Å². The number of nitrogens with one attached hydrogen (secondary N) is 3. The Bertz CT molecular complexity index is 522. The SMILES string of the molecule is CNc1nc(NCCS(=O)(=O)NC)c(F)cc1F. The molecule has 0 atom stereocenters. The molecule has 0 amide bonds. The normalized spacial score (nSPS) is 11.3. The molecule has 1 aromatic rings. The first-order valence-electron chi connectivity index (χ1n) is 5.08. The average molecular weight is 280 g/mol. The molecule has 3 N–H and O–H groups in total. The van der Waals surface area contributed by atoms with Crippen LogP contribution in [0.1, 0.15) is 0 Å². The van der Waals surface area contributed by atoms with Crippen LogP contribution in [0.4, 0.5) is 20.4 Å². The van der Waals surface area contributed by atoms with Crippen LogP contribution in [0.2, 0.25) is 0 Å². The molecule has 0 aliphatic rings. The smallest absolute Gasteiger partial charge is 0.213 e. The van der Waals surface area contributed by atoms with E-state index in [9.17, 15) is 17.2 Å². The van der Waals surface area contributed by atoms with Crippen molar-refractivity contribution in [3.63, 3.8) is 0 Å². The fourth-order valence-corrected chi connectivity index (χ4v) is 1.75. The number of rotatable bonds is 6. The van der Waals surface area contributed by atoms with E-state index in [2.05, 4.69) is 20.3 Å². The zero-order chi connectivity index (χ0) is 13.8. The Balaban J connectivity index is 2.74. The summed E-state index contributed by atoms with van der Waals surface area (Å²) in [6.45, 7) is -0.0398. The first kappa shape index (κ1) is 14.6. The molecule has 0 saturated carbocycles. The summed E-state index contributed by atoms with van der Waals surface area (Å²) >= 11 is 0. The van der Waals surface area contributed by atoms with Crippen molar-refractivity contribution in [2.45, 2.75) is 0 Å². The molecule has 0 radical (unpaired) electrons. The van der Waals surface area contributed by atoms with Crippen LogP contribution in [0.5, 0.6) is 0 Å². The maximum Gasteiger partial charge on any atom is 0.213 e. The van der Waals surface area contributed by atoms with Crippen molar-refractivity contribution in [1.82, 2.24) is 9.71 Å². The van der Waals surface area contributed by atoms with Crippen molar-refractivity contribution in [2.24, 2.45) is 0 Å². The highest BCUT2D eigenvalue weighted by molar-refractivity contribution is 7.89. The van der Waals surface area contributed by atoms with E-state index >= 15 is 0 Å². The van der Waals surface area contributed by atoms with Crippen molar-refractivity contribution in [3.05, 3.63) is 17.7 Å². The topological polar surface area (TPSA) is 83.1 Å². The second kappa shape index (κ2) is 5.91. The molecule has 102 valence electrons. The Morgan fingerprint density at radius 2 is 1.83 bits per heavy atom. The van der Waals surface area contributed by atoms with Crippen LogP contribution in [0, 0.1) is 11.6 Å². The van der Waals surface area contributed by atoms with Gasteiger partial charge in [-0.25, -0.2) is 26.9 Å². The minimum absolute atomic E-state index is 0.0398. The van der Waals surface area contributed by atoms with Crippen molar-refractivity contribution >= 4 is 21.7 Å². The van der Waals surface area contributed by atoms with Gasteiger partial charge in [0, 0.05) is 19.7 Å². The lowest BCUT2D eigenvalue weighted by Gasteiger charge is -2.09. The maximum atomic E-state index is 13.3. The molecule has 0 unspecified atom stereocenters. The lowest BCUT2D eigenvalue weighted by atomic mass is 10.4. The van der Waals surface area contributed by atoms with Gasteiger partial charge in [-0.05, 0) is 7.05 Å². The van der Waals surface area contributed by atoms with Crippen molar-refractivity contribution in [2.75, 3.05) is 37.0 Å². The molecule has 1 rings (SSSR count). The van der Waals surface area contributed by atoms with E-state index in [4.69, 9.17) is 0 Å². The number of anilines is 2. The van der Waals surface area contributed by atoms with Crippen LogP contribution in [0.15, 0.2) is 6.07 Å². The molecule has 0 saturated heterocycles. The van der Waals surface area contributed by atoms with Gasteiger partial charge in [-0.2, -0.15) is 0 Å². The van der Waals surface area contributed by atoms with E-state index < -0.39 is 21.7 Å². The maximum absolute atomic E-state index is 13.3. The lowest BCUT2D eigenvalue weighted by Crippen LogP contribution is -2.26. The summed E-state index contributed by atoms with van der Waals surface area (Å²) in [6.07, 6.45) is 0. The summed E-state index contributed by atoms with van der Waals surface area (Å²) in [7, 11) is -0.653. The summed E-state index contributed by atoms with van der Waals surface area (Å²) in [5.41, 5.74) is 0. The summed E-state index contributed by atoms with van der Waals surface area (Å²) < 4.78 is 50.8. The molecular weight excluding hydrogens is 266 g/mol. The van der Waals surface area contributed by atoms with Crippen LogP contribution in [0.25, 0.3) is 0 Å². The molecule has 0 aliphatic heterocycles. The third kappa shape index (κ3) is 3.77. The number of halogens is 2. The number of aromatic nitrogens is 1. The Kier molecular flexibility index (Phi) is 4.79. The van der Waals surface area contributed by atoms with Crippen LogP contribution >= 0.6 is 0 Å². The minimum atomic E-state index is -3.38. The molecule has 0 aromatic carbocycles.